The molecular formula is C23H18N2O2. The van der Waals surface area contributed by atoms with Crippen molar-refractivity contribution in [2.45, 2.75) is 12.3 Å². The van der Waals surface area contributed by atoms with Gasteiger partial charge in [-0.15, -0.1) is 0 Å². The number of benzene rings is 2. The van der Waals surface area contributed by atoms with E-state index in [-0.39, 0.29) is 11.9 Å². The summed E-state index contributed by atoms with van der Waals surface area (Å²) < 4.78 is 4.88. The molecule has 2 heterocycles. The van der Waals surface area contributed by atoms with Crippen molar-refractivity contribution in [3.05, 3.63) is 89.2 Å². The SMILES string of the molecule is COC(=O)c1cnc2c(c1)-c1[nH]c3ccccc3c1C(c1ccccc1)C2. The fourth-order valence-electron chi connectivity index (χ4n) is 4.10. The van der Waals surface area contributed by atoms with Gasteiger partial charge in [0.1, 0.15) is 0 Å². The highest BCUT2D eigenvalue weighted by molar-refractivity contribution is 5.95. The maximum Gasteiger partial charge on any atom is 0.339 e. The molecule has 2 aromatic heterocycles. The number of hydrogen-bond donors (Lipinski definition) is 1. The summed E-state index contributed by atoms with van der Waals surface area (Å²) >= 11 is 0. The van der Waals surface area contributed by atoms with E-state index in [0.29, 0.717) is 5.56 Å². The second kappa shape index (κ2) is 6.09. The normalized spacial score (nSPS) is 15.2. The van der Waals surface area contributed by atoms with Crippen LogP contribution in [-0.2, 0) is 11.2 Å². The maximum absolute atomic E-state index is 12.0. The Morgan fingerprint density at radius 1 is 1.11 bits per heavy atom. The van der Waals surface area contributed by atoms with Crippen molar-refractivity contribution >= 4 is 16.9 Å². The minimum Gasteiger partial charge on any atom is -0.465 e. The van der Waals surface area contributed by atoms with Crippen LogP contribution in [0.15, 0.2) is 66.9 Å². The number of para-hydroxylation sites is 1. The Labute approximate surface area is 156 Å². The second-order valence-corrected chi connectivity index (χ2v) is 6.84. The van der Waals surface area contributed by atoms with Crippen molar-refractivity contribution in [2.75, 3.05) is 7.11 Å². The highest BCUT2D eigenvalue weighted by Crippen LogP contribution is 2.45. The molecule has 0 amide bonds. The van der Waals surface area contributed by atoms with Crippen LogP contribution in [-0.4, -0.2) is 23.0 Å². The standard InChI is InChI=1S/C23H18N2O2/c1-27-23(26)15-11-18-20(24-13-15)12-17(14-7-3-2-4-8-14)21-16-9-5-6-10-19(16)25-22(18)21/h2-11,13,17,25H,12H2,1H3. The van der Waals surface area contributed by atoms with Gasteiger partial charge >= 0.3 is 5.97 Å². The summed E-state index contributed by atoms with van der Waals surface area (Å²) in [5.41, 5.74) is 7.14. The van der Waals surface area contributed by atoms with Crippen LogP contribution >= 0.6 is 0 Å². The van der Waals surface area contributed by atoms with Gasteiger partial charge in [-0.25, -0.2) is 4.79 Å². The predicted molar refractivity (Wildman–Crippen MR) is 105 cm³/mol. The first-order chi connectivity index (χ1) is 13.3. The van der Waals surface area contributed by atoms with Gasteiger partial charge in [0.05, 0.1) is 24.1 Å². The molecule has 0 spiro atoms. The number of ether oxygens (including phenoxy) is 1. The van der Waals surface area contributed by atoms with Crippen LogP contribution in [0.3, 0.4) is 0 Å². The van der Waals surface area contributed by atoms with E-state index in [1.165, 1.54) is 23.6 Å². The molecule has 0 fully saturated rings. The van der Waals surface area contributed by atoms with Crippen molar-refractivity contribution in [2.24, 2.45) is 0 Å². The molecule has 0 saturated heterocycles. The zero-order valence-corrected chi connectivity index (χ0v) is 14.9. The molecule has 1 unspecified atom stereocenters. The fourth-order valence-corrected chi connectivity index (χ4v) is 4.10. The minimum absolute atomic E-state index is 0.223. The third kappa shape index (κ3) is 2.45. The number of hydrogen-bond acceptors (Lipinski definition) is 3. The van der Waals surface area contributed by atoms with Crippen LogP contribution in [0.1, 0.15) is 33.1 Å². The average Bonchev–Trinajstić information content (AvgIpc) is 3.13. The van der Waals surface area contributed by atoms with Crippen LogP contribution in [0.5, 0.6) is 0 Å². The molecule has 4 heteroatoms. The molecule has 27 heavy (non-hydrogen) atoms. The second-order valence-electron chi connectivity index (χ2n) is 6.84. The molecule has 1 atom stereocenters. The molecule has 5 rings (SSSR count). The Morgan fingerprint density at radius 2 is 1.89 bits per heavy atom. The van der Waals surface area contributed by atoms with Crippen molar-refractivity contribution < 1.29 is 9.53 Å². The fraction of sp³-hybridized carbons (Fsp3) is 0.130. The molecule has 0 aliphatic heterocycles. The highest BCUT2D eigenvalue weighted by atomic mass is 16.5. The number of pyridine rings is 1. The lowest BCUT2D eigenvalue weighted by Gasteiger charge is -2.25. The van der Waals surface area contributed by atoms with Crippen molar-refractivity contribution in [3.8, 4) is 11.3 Å². The quantitative estimate of drug-likeness (QED) is 0.531. The lowest BCUT2D eigenvalue weighted by atomic mass is 9.79. The summed E-state index contributed by atoms with van der Waals surface area (Å²) in [5, 5.41) is 1.22. The number of carbonyl (C=O) groups is 1. The number of methoxy groups -OCH3 is 1. The zero-order valence-electron chi connectivity index (χ0n) is 14.9. The molecule has 1 N–H and O–H groups in total. The topological polar surface area (TPSA) is 55.0 Å². The van der Waals surface area contributed by atoms with Gasteiger partial charge in [0.15, 0.2) is 0 Å². The smallest absolute Gasteiger partial charge is 0.339 e. The third-order valence-corrected chi connectivity index (χ3v) is 5.35. The van der Waals surface area contributed by atoms with Gasteiger partial charge in [0, 0.05) is 35.0 Å². The number of aromatic nitrogens is 2. The van der Waals surface area contributed by atoms with Gasteiger partial charge in [-0.1, -0.05) is 48.5 Å². The Kier molecular flexibility index (Phi) is 3.57. The molecule has 0 bridgehead atoms. The zero-order chi connectivity index (χ0) is 18.4. The van der Waals surface area contributed by atoms with E-state index in [0.717, 1.165) is 28.9 Å². The van der Waals surface area contributed by atoms with Crippen molar-refractivity contribution in [1.82, 2.24) is 9.97 Å². The summed E-state index contributed by atoms with van der Waals surface area (Å²) in [6, 6.07) is 20.8. The van der Waals surface area contributed by atoms with Crippen LogP contribution in [0, 0.1) is 0 Å². The van der Waals surface area contributed by atoms with Gasteiger partial charge < -0.3 is 9.72 Å². The highest BCUT2D eigenvalue weighted by Gasteiger charge is 2.31. The van der Waals surface area contributed by atoms with Crippen molar-refractivity contribution in [3.63, 3.8) is 0 Å². The minimum atomic E-state index is -0.367. The van der Waals surface area contributed by atoms with Gasteiger partial charge in [-0.3, -0.25) is 4.98 Å². The molecule has 4 nitrogen and oxygen atoms in total. The van der Waals surface area contributed by atoms with Crippen LogP contribution in [0.2, 0.25) is 0 Å². The largest absolute Gasteiger partial charge is 0.465 e. The number of esters is 1. The summed E-state index contributed by atoms with van der Waals surface area (Å²) in [4.78, 5) is 20.2. The third-order valence-electron chi connectivity index (χ3n) is 5.35. The Morgan fingerprint density at radius 3 is 2.70 bits per heavy atom. The van der Waals surface area contributed by atoms with Gasteiger partial charge in [-0.2, -0.15) is 0 Å². The van der Waals surface area contributed by atoms with E-state index in [1.807, 2.05) is 18.2 Å². The lowest BCUT2D eigenvalue weighted by molar-refractivity contribution is 0.0600. The van der Waals surface area contributed by atoms with Gasteiger partial charge in [0.25, 0.3) is 0 Å². The Balaban J connectivity index is 1.78. The molecular weight excluding hydrogens is 336 g/mol. The first kappa shape index (κ1) is 15.8. The molecule has 1 aliphatic rings. The van der Waals surface area contributed by atoms with E-state index in [2.05, 4.69) is 52.4 Å². The van der Waals surface area contributed by atoms with E-state index in [9.17, 15) is 4.79 Å². The van der Waals surface area contributed by atoms with Gasteiger partial charge in [0.2, 0.25) is 0 Å². The lowest BCUT2D eigenvalue weighted by Crippen LogP contribution is -2.14. The van der Waals surface area contributed by atoms with Crippen LogP contribution in [0.4, 0.5) is 0 Å². The molecule has 2 aromatic carbocycles. The molecule has 0 radical (unpaired) electrons. The summed E-state index contributed by atoms with van der Waals surface area (Å²) in [6.45, 7) is 0. The average molecular weight is 354 g/mol. The molecule has 132 valence electrons. The first-order valence-electron chi connectivity index (χ1n) is 8.99. The Bertz CT molecular complexity index is 1160. The van der Waals surface area contributed by atoms with E-state index in [4.69, 9.17) is 4.74 Å². The summed E-state index contributed by atoms with van der Waals surface area (Å²) in [5.74, 6) is -0.144. The van der Waals surface area contributed by atoms with Gasteiger partial charge in [-0.05, 0) is 23.3 Å². The van der Waals surface area contributed by atoms with E-state index < -0.39 is 0 Å². The number of carbonyl (C=O) groups excluding carboxylic acids is 1. The summed E-state index contributed by atoms with van der Waals surface area (Å²) in [7, 11) is 1.39. The number of rotatable bonds is 2. The van der Waals surface area contributed by atoms with E-state index >= 15 is 0 Å². The first-order valence-corrected chi connectivity index (χ1v) is 8.99. The van der Waals surface area contributed by atoms with Crippen LogP contribution in [0.25, 0.3) is 22.2 Å². The monoisotopic (exact) mass is 354 g/mol. The molecule has 1 aliphatic carbocycles. The number of fused-ring (bicyclic) bond motifs is 5. The molecule has 4 aromatic rings. The maximum atomic E-state index is 12.0. The summed E-state index contributed by atoms with van der Waals surface area (Å²) in [6.07, 6.45) is 2.41. The van der Waals surface area contributed by atoms with Crippen LogP contribution < -0.4 is 0 Å². The number of nitrogens with zero attached hydrogens (tertiary/aromatic N) is 1. The Hall–Kier alpha value is -3.40. The predicted octanol–water partition coefficient (Wildman–Crippen LogP) is 4.70. The number of nitrogens with one attached hydrogen (secondary N) is 1. The van der Waals surface area contributed by atoms with E-state index in [1.54, 1.807) is 6.20 Å². The number of aromatic amines is 1. The molecule has 0 saturated carbocycles. The number of H-pyrrole nitrogens is 1. The van der Waals surface area contributed by atoms with Crippen molar-refractivity contribution in [1.29, 1.82) is 0 Å².